The van der Waals surface area contributed by atoms with Gasteiger partial charge in [-0.15, -0.1) is 0 Å². The number of carboxylic acids is 3. The lowest BCUT2D eigenvalue weighted by atomic mass is 10.0. The number of nitrogens with zero attached hydrogens (tertiary/aromatic N) is 1. The van der Waals surface area contributed by atoms with Crippen molar-refractivity contribution < 1.29 is 43.7 Å². The second-order valence-corrected chi connectivity index (χ2v) is 9.29. The maximum Gasteiger partial charge on any atom is 0.326 e. The third kappa shape index (κ3) is 8.20. The molecule has 14 nitrogen and oxygen atoms in total. The number of hydrogen-bond donors (Lipinski definition) is 7. The number of H-pyrrole nitrogens is 2. The first-order valence-electron chi connectivity index (χ1n) is 12.5. The monoisotopic (exact) mass is 573 g/mol. The summed E-state index contributed by atoms with van der Waals surface area (Å²) >= 11 is 0. The van der Waals surface area contributed by atoms with Crippen LogP contribution in [0.5, 0.6) is 0 Å². The Morgan fingerprint density at radius 1 is 0.951 bits per heavy atom. The van der Waals surface area contributed by atoms with Crippen molar-refractivity contribution >= 4 is 40.8 Å². The molecule has 41 heavy (non-hydrogen) atoms. The Hall–Kier alpha value is -5.08. The quantitative estimate of drug-likeness (QED) is 0.144. The van der Waals surface area contributed by atoms with E-state index < -0.39 is 66.9 Å². The van der Waals surface area contributed by atoms with Crippen molar-refractivity contribution in [2.24, 2.45) is 0 Å². The average Bonchev–Trinajstić information content (AvgIpc) is 3.30. The molecule has 2 heterocycles. The minimum absolute atomic E-state index is 0.162. The molecule has 0 saturated carbocycles. The van der Waals surface area contributed by atoms with Gasteiger partial charge in [0.2, 0.25) is 5.91 Å². The number of fused-ring (bicyclic) bond motifs is 1. The zero-order chi connectivity index (χ0) is 30.3. The molecule has 0 saturated heterocycles. The molecule has 0 aliphatic heterocycles. The van der Waals surface area contributed by atoms with Crippen molar-refractivity contribution in [2.75, 3.05) is 0 Å². The Bertz CT molecular complexity index is 1550. The highest BCUT2D eigenvalue weighted by Gasteiger charge is 2.25. The van der Waals surface area contributed by atoms with Gasteiger partial charge in [0.25, 0.3) is 11.5 Å². The van der Waals surface area contributed by atoms with Gasteiger partial charge in [-0.2, -0.15) is 0 Å². The number of carbonyl (C=O) groups is 5. The number of amides is 2. The fourth-order valence-electron chi connectivity index (χ4n) is 4.14. The highest BCUT2D eigenvalue weighted by molar-refractivity contribution is 5.96. The fourth-order valence-corrected chi connectivity index (χ4v) is 4.14. The van der Waals surface area contributed by atoms with Gasteiger partial charge in [-0.25, -0.2) is 19.0 Å². The molecule has 2 amide bonds. The molecule has 0 spiro atoms. The molecule has 0 fully saturated rings. The molecule has 0 radical (unpaired) electrons. The van der Waals surface area contributed by atoms with Crippen LogP contribution in [0.25, 0.3) is 11.0 Å². The molecule has 3 aromatic rings. The van der Waals surface area contributed by atoms with Gasteiger partial charge in [-0.1, -0.05) is 6.07 Å². The van der Waals surface area contributed by atoms with Gasteiger partial charge in [0.05, 0.1) is 5.39 Å². The van der Waals surface area contributed by atoms with Gasteiger partial charge >= 0.3 is 17.9 Å². The van der Waals surface area contributed by atoms with Gasteiger partial charge in [0.15, 0.2) is 0 Å². The lowest BCUT2D eigenvalue weighted by Gasteiger charge is -2.17. The number of rotatable bonds is 14. The van der Waals surface area contributed by atoms with Gasteiger partial charge < -0.3 is 35.9 Å². The van der Waals surface area contributed by atoms with E-state index in [0.29, 0.717) is 28.8 Å². The molecule has 0 unspecified atom stereocenters. The summed E-state index contributed by atoms with van der Waals surface area (Å²) in [5.74, 6) is -6.18. The van der Waals surface area contributed by atoms with Gasteiger partial charge in [0.1, 0.15) is 29.4 Å². The number of aromatic amines is 2. The molecular formula is C26H28FN5O9. The average molecular weight is 574 g/mol. The van der Waals surface area contributed by atoms with Gasteiger partial charge in [0, 0.05) is 24.6 Å². The SMILES string of the molecule is Cc1nc2[nH]cc(CCc3ccc(C(=O)N[C@@H](CCC(=O)N[C@@H](CCC(=O)O)C(=O)O)C(=O)O)cc3F)c2c(=O)[nH]1. The molecule has 218 valence electrons. The van der Waals surface area contributed by atoms with Crippen LogP contribution >= 0.6 is 0 Å². The standard InChI is InChI=1S/C26H28FN5O9/c1-12-29-22-21(24(37)30-12)15(11-28-22)5-3-13-2-4-14(10-16(13)27)23(36)32-18(26(40)41)6-8-19(33)31-17(25(38)39)7-9-20(34)35/h2,4,10-11,17-18H,3,5-9H2,1H3,(H,31,33)(H,32,36)(H,34,35)(H,38,39)(H,40,41)(H2,28,29,30,37)/t17-,18-/m0/s1. The van der Waals surface area contributed by atoms with Crippen LogP contribution in [0.2, 0.25) is 0 Å². The van der Waals surface area contributed by atoms with Crippen molar-refractivity contribution in [3.8, 4) is 0 Å². The van der Waals surface area contributed by atoms with Crippen LogP contribution in [0.15, 0.2) is 29.2 Å². The summed E-state index contributed by atoms with van der Waals surface area (Å²) in [4.78, 5) is 80.3. The number of benzene rings is 1. The Kier molecular flexibility index (Phi) is 9.90. The second kappa shape index (κ2) is 13.3. The zero-order valence-corrected chi connectivity index (χ0v) is 21.8. The van der Waals surface area contributed by atoms with Crippen molar-refractivity contribution in [3.05, 3.63) is 63.1 Å². The predicted molar refractivity (Wildman–Crippen MR) is 140 cm³/mol. The largest absolute Gasteiger partial charge is 0.481 e. The smallest absolute Gasteiger partial charge is 0.326 e. The Labute approximate surface area is 231 Å². The van der Waals surface area contributed by atoms with Crippen LogP contribution in [-0.4, -0.2) is 72.1 Å². The molecule has 3 rings (SSSR count). The van der Waals surface area contributed by atoms with Crippen molar-refractivity contribution in [2.45, 2.75) is 57.5 Å². The summed E-state index contributed by atoms with van der Waals surface area (Å²) in [6.45, 7) is 1.65. The van der Waals surface area contributed by atoms with Gasteiger partial charge in [-0.05, 0) is 55.9 Å². The van der Waals surface area contributed by atoms with Gasteiger partial charge in [-0.3, -0.25) is 19.2 Å². The van der Waals surface area contributed by atoms with E-state index in [4.69, 9.17) is 10.2 Å². The summed E-state index contributed by atoms with van der Waals surface area (Å²) in [6, 6.07) is 0.610. The minimum Gasteiger partial charge on any atom is -0.481 e. The first-order valence-corrected chi connectivity index (χ1v) is 12.5. The van der Waals surface area contributed by atoms with E-state index in [-0.39, 0.29) is 29.5 Å². The Morgan fingerprint density at radius 2 is 1.59 bits per heavy atom. The number of aliphatic carboxylic acids is 3. The number of nitrogens with one attached hydrogen (secondary N) is 4. The maximum absolute atomic E-state index is 14.8. The summed E-state index contributed by atoms with van der Waals surface area (Å²) in [6.07, 6.45) is 0.373. The summed E-state index contributed by atoms with van der Waals surface area (Å²) in [5, 5.41) is 32.0. The molecule has 0 bridgehead atoms. The van der Waals surface area contributed by atoms with E-state index in [1.807, 2.05) is 0 Å². The number of carboxylic acid groups (broad SMARTS) is 3. The van der Waals surface area contributed by atoms with E-state index in [1.165, 1.54) is 12.1 Å². The minimum atomic E-state index is -1.55. The van der Waals surface area contributed by atoms with Crippen LogP contribution < -0.4 is 16.2 Å². The van der Waals surface area contributed by atoms with E-state index in [0.717, 1.165) is 6.07 Å². The van der Waals surface area contributed by atoms with Crippen LogP contribution in [0.4, 0.5) is 4.39 Å². The van der Waals surface area contributed by atoms with Crippen molar-refractivity contribution in [1.29, 1.82) is 0 Å². The summed E-state index contributed by atoms with van der Waals surface area (Å²) in [5.41, 5.74) is 0.833. The molecular weight excluding hydrogens is 545 g/mol. The molecule has 15 heteroatoms. The predicted octanol–water partition coefficient (Wildman–Crippen LogP) is 0.881. The van der Waals surface area contributed by atoms with Crippen LogP contribution in [0, 0.1) is 12.7 Å². The molecule has 7 N–H and O–H groups in total. The van der Waals surface area contributed by atoms with Crippen LogP contribution in [-0.2, 0) is 32.0 Å². The number of carbonyl (C=O) groups excluding carboxylic acids is 2. The number of aryl methyl sites for hydroxylation is 3. The normalized spacial score (nSPS) is 12.4. The molecule has 2 aromatic heterocycles. The number of halogens is 1. The molecule has 2 atom stereocenters. The highest BCUT2D eigenvalue weighted by atomic mass is 19.1. The Balaban J connectivity index is 1.59. The zero-order valence-electron chi connectivity index (χ0n) is 21.8. The lowest BCUT2D eigenvalue weighted by Crippen LogP contribution is -2.44. The van der Waals surface area contributed by atoms with Crippen LogP contribution in [0.3, 0.4) is 0 Å². The van der Waals surface area contributed by atoms with E-state index in [9.17, 15) is 38.3 Å². The van der Waals surface area contributed by atoms with E-state index in [2.05, 4.69) is 25.6 Å². The fraction of sp³-hybridized carbons (Fsp3) is 0.346. The topological polar surface area (TPSA) is 232 Å². The highest BCUT2D eigenvalue weighted by Crippen LogP contribution is 2.18. The maximum atomic E-state index is 14.8. The lowest BCUT2D eigenvalue weighted by molar-refractivity contribution is -0.143. The van der Waals surface area contributed by atoms with E-state index in [1.54, 1.807) is 13.1 Å². The molecule has 0 aliphatic carbocycles. The third-order valence-corrected chi connectivity index (χ3v) is 6.26. The van der Waals surface area contributed by atoms with Crippen molar-refractivity contribution in [3.63, 3.8) is 0 Å². The van der Waals surface area contributed by atoms with Crippen LogP contribution in [0.1, 0.15) is 53.0 Å². The summed E-state index contributed by atoms with van der Waals surface area (Å²) < 4.78 is 14.8. The number of hydrogen-bond acceptors (Lipinski definition) is 7. The molecule has 1 aromatic carbocycles. The first-order chi connectivity index (χ1) is 19.3. The third-order valence-electron chi connectivity index (χ3n) is 6.26. The Morgan fingerprint density at radius 3 is 2.22 bits per heavy atom. The van der Waals surface area contributed by atoms with E-state index >= 15 is 0 Å². The first kappa shape index (κ1) is 30.5. The van der Waals surface area contributed by atoms with Crippen molar-refractivity contribution in [1.82, 2.24) is 25.6 Å². The molecule has 0 aliphatic rings. The number of aromatic nitrogens is 3. The summed E-state index contributed by atoms with van der Waals surface area (Å²) in [7, 11) is 0. The second-order valence-electron chi connectivity index (χ2n) is 9.29.